The molecule has 1 saturated carbocycles. The van der Waals surface area contributed by atoms with Crippen LogP contribution in [0.1, 0.15) is 25.3 Å². The quantitative estimate of drug-likeness (QED) is 0.709. The topological polar surface area (TPSA) is 21.3 Å². The summed E-state index contributed by atoms with van der Waals surface area (Å²) in [5, 5.41) is 3.53. The van der Waals surface area contributed by atoms with E-state index in [1.807, 2.05) is 12.1 Å². The Morgan fingerprint density at radius 2 is 2.22 bits per heavy atom. The lowest BCUT2D eigenvalue weighted by Crippen LogP contribution is -2.22. The number of ether oxygens (including phenoxy) is 1. The summed E-state index contributed by atoms with van der Waals surface area (Å²) in [5.41, 5.74) is 1.22. The van der Waals surface area contributed by atoms with Crippen molar-refractivity contribution in [1.82, 2.24) is 5.32 Å². The molecule has 18 heavy (non-hydrogen) atoms. The molecule has 0 heterocycles. The smallest absolute Gasteiger partial charge is 0.124 e. The normalized spacial score (nSPS) is 16.3. The van der Waals surface area contributed by atoms with Crippen molar-refractivity contribution < 1.29 is 4.74 Å². The Hall–Kier alpha value is -1.28. The maximum Gasteiger partial charge on any atom is 0.124 e. The number of nitrogens with one attached hydrogen (secondary N) is 1. The van der Waals surface area contributed by atoms with Crippen LogP contribution in [0.5, 0.6) is 5.75 Å². The van der Waals surface area contributed by atoms with Crippen molar-refractivity contribution in [2.24, 2.45) is 11.8 Å². The van der Waals surface area contributed by atoms with Crippen LogP contribution in [0.15, 0.2) is 36.9 Å². The zero-order valence-corrected chi connectivity index (χ0v) is 11.2. The fourth-order valence-corrected chi connectivity index (χ4v) is 2.21. The average molecular weight is 245 g/mol. The Morgan fingerprint density at radius 3 is 2.94 bits per heavy atom. The van der Waals surface area contributed by atoms with Crippen LogP contribution in [0.25, 0.3) is 0 Å². The van der Waals surface area contributed by atoms with Crippen molar-refractivity contribution in [1.29, 1.82) is 0 Å². The molecule has 0 aromatic heterocycles. The number of rotatable bonds is 8. The number of hydrogen-bond acceptors (Lipinski definition) is 2. The molecule has 2 nitrogen and oxygen atoms in total. The van der Waals surface area contributed by atoms with Gasteiger partial charge in [0.25, 0.3) is 0 Å². The molecule has 1 aliphatic rings. The Morgan fingerprint density at radius 1 is 1.44 bits per heavy atom. The van der Waals surface area contributed by atoms with Crippen LogP contribution in [0.4, 0.5) is 0 Å². The highest BCUT2D eigenvalue weighted by Gasteiger charge is 2.27. The van der Waals surface area contributed by atoms with E-state index in [0.29, 0.717) is 6.61 Å². The Kier molecular flexibility index (Phi) is 4.82. The first-order valence-electron chi connectivity index (χ1n) is 6.83. The molecule has 0 saturated heterocycles. The number of benzene rings is 1. The van der Waals surface area contributed by atoms with Gasteiger partial charge in [-0.3, -0.25) is 0 Å². The van der Waals surface area contributed by atoms with E-state index >= 15 is 0 Å². The minimum absolute atomic E-state index is 0.565. The molecule has 0 aliphatic heterocycles. The summed E-state index contributed by atoms with van der Waals surface area (Å²) in [4.78, 5) is 0. The lowest BCUT2D eigenvalue weighted by molar-refractivity contribution is 0.356. The molecule has 0 spiro atoms. The molecule has 1 atom stereocenters. The van der Waals surface area contributed by atoms with Gasteiger partial charge in [-0.1, -0.05) is 37.8 Å². The third-order valence-corrected chi connectivity index (χ3v) is 3.54. The van der Waals surface area contributed by atoms with Gasteiger partial charge in [0.2, 0.25) is 0 Å². The van der Waals surface area contributed by atoms with E-state index in [0.717, 1.165) is 30.7 Å². The molecule has 2 rings (SSSR count). The highest BCUT2D eigenvalue weighted by atomic mass is 16.5. The van der Waals surface area contributed by atoms with Crippen molar-refractivity contribution in [2.45, 2.75) is 26.3 Å². The highest BCUT2D eigenvalue weighted by molar-refractivity contribution is 5.33. The van der Waals surface area contributed by atoms with Crippen LogP contribution in [-0.2, 0) is 6.54 Å². The zero-order valence-electron chi connectivity index (χ0n) is 11.2. The summed E-state index contributed by atoms with van der Waals surface area (Å²) in [7, 11) is 0. The fourth-order valence-electron chi connectivity index (χ4n) is 2.21. The van der Waals surface area contributed by atoms with Crippen molar-refractivity contribution in [3.63, 3.8) is 0 Å². The lowest BCUT2D eigenvalue weighted by atomic mass is 10.1. The van der Waals surface area contributed by atoms with Crippen LogP contribution in [0, 0.1) is 11.8 Å². The largest absolute Gasteiger partial charge is 0.489 e. The molecule has 1 N–H and O–H groups in total. The molecule has 0 amide bonds. The highest BCUT2D eigenvalue weighted by Crippen LogP contribution is 2.36. The van der Waals surface area contributed by atoms with Crippen molar-refractivity contribution in [3.05, 3.63) is 42.5 Å². The lowest BCUT2D eigenvalue weighted by Gasteiger charge is -2.13. The monoisotopic (exact) mass is 245 g/mol. The molecule has 1 aliphatic carbocycles. The van der Waals surface area contributed by atoms with E-state index in [4.69, 9.17) is 4.74 Å². The minimum Gasteiger partial charge on any atom is -0.489 e. The van der Waals surface area contributed by atoms with Crippen LogP contribution in [0.3, 0.4) is 0 Å². The van der Waals surface area contributed by atoms with Crippen LogP contribution in [-0.4, -0.2) is 13.2 Å². The van der Waals surface area contributed by atoms with E-state index < -0.39 is 0 Å². The summed E-state index contributed by atoms with van der Waals surface area (Å²) in [6.45, 7) is 8.56. The second kappa shape index (κ2) is 6.60. The first-order chi connectivity index (χ1) is 8.81. The van der Waals surface area contributed by atoms with Gasteiger partial charge in [-0.2, -0.15) is 0 Å². The number of para-hydroxylation sites is 1. The third kappa shape index (κ3) is 3.88. The van der Waals surface area contributed by atoms with Crippen LogP contribution in [0.2, 0.25) is 0 Å². The molecule has 1 aromatic rings. The van der Waals surface area contributed by atoms with Gasteiger partial charge in [-0.25, -0.2) is 0 Å². The van der Waals surface area contributed by atoms with E-state index in [1.165, 1.54) is 18.4 Å². The van der Waals surface area contributed by atoms with E-state index in [1.54, 1.807) is 6.08 Å². The second-order valence-electron chi connectivity index (χ2n) is 5.15. The molecule has 98 valence electrons. The summed E-state index contributed by atoms with van der Waals surface area (Å²) in [6, 6.07) is 8.20. The molecular formula is C16H23NO. The van der Waals surface area contributed by atoms with Gasteiger partial charge >= 0.3 is 0 Å². The van der Waals surface area contributed by atoms with Gasteiger partial charge in [-0.15, -0.1) is 0 Å². The molecule has 2 heteroatoms. The van der Waals surface area contributed by atoms with Gasteiger partial charge < -0.3 is 10.1 Å². The first kappa shape index (κ1) is 13.2. The van der Waals surface area contributed by atoms with Crippen molar-refractivity contribution >= 4 is 0 Å². The first-order valence-corrected chi connectivity index (χ1v) is 6.83. The molecular weight excluding hydrogens is 222 g/mol. The summed E-state index contributed by atoms with van der Waals surface area (Å²) in [5.74, 6) is 2.72. The van der Waals surface area contributed by atoms with Crippen LogP contribution >= 0.6 is 0 Å². The molecule has 1 fully saturated rings. The molecule has 1 unspecified atom stereocenters. The van der Waals surface area contributed by atoms with Crippen molar-refractivity contribution in [3.8, 4) is 5.75 Å². The van der Waals surface area contributed by atoms with Gasteiger partial charge in [0.15, 0.2) is 0 Å². The third-order valence-electron chi connectivity index (χ3n) is 3.54. The molecule has 1 aromatic carbocycles. The standard InChI is InChI=1S/C16H23NO/c1-3-10-18-16-7-5-4-6-15(16)12-17-11-13(2)14-8-9-14/h3-7,13-14,17H,1,8-12H2,2H3. The fraction of sp³-hybridized carbons (Fsp3) is 0.500. The predicted octanol–water partition coefficient (Wildman–Crippen LogP) is 3.39. The van der Waals surface area contributed by atoms with E-state index in [-0.39, 0.29) is 0 Å². The second-order valence-corrected chi connectivity index (χ2v) is 5.15. The summed E-state index contributed by atoms with van der Waals surface area (Å²) in [6.07, 6.45) is 4.61. The van der Waals surface area contributed by atoms with Gasteiger partial charge in [0, 0.05) is 12.1 Å². The van der Waals surface area contributed by atoms with Crippen LogP contribution < -0.4 is 10.1 Å². The SMILES string of the molecule is C=CCOc1ccccc1CNCC(C)C1CC1. The van der Waals surface area contributed by atoms with Gasteiger partial charge in [-0.05, 0) is 37.3 Å². The van der Waals surface area contributed by atoms with E-state index in [9.17, 15) is 0 Å². The Balaban J connectivity index is 1.81. The predicted molar refractivity (Wildman–Crippen MR) is 75.7 cm³/mol. The minimum atomic E-state index is 0.565. The number of hydrogen-bond donors (Lipinski definition) is 1. The van der Waals surface area contributed by atoms with Crippen molar-refractivity contribution in [2.75, 3.05) is 13.2 Å². The zero-order chi connectivity index (χ0) is 12.8. The maximum atomic E-state index is 5.65. The average Bonchev–Trinajstić information content (AvgIpc) is 3.22. The summed E-state index contributed by atoms with van der Waals surface area (Å²) >= 11 is 0. The van der Waals surface area contributed by atoms with Gasteiger partial charge in [0.1, 0.15) is 12.4 Å². The van der Waals surface area contributed by atoms with Gasteiger partial charge in [0.05, 0.1) is 0 Å². The molecule has 0 radical (unpaired) electrons. The molecule has 0 bridgehead atoms. The van der Waals surface area contributed by atoms with E-state index in [2.05, 4.69) is 31.0 Å². The Labute approximate surface area is 110 Å². The maximum absolute atomic E-state index is 5.65. The Bertz CT molecular complexity index is 384. The summed E-state index contributed by atoms with van der Waals surface area (Å²) < 4.78 is 5.65.